The predicted octanol–water partition coefficient (Wildman–Crippen LogP) is 2.62. The fourth-order valence-corrected chi connectivity index (χ4v) is 3.15. The van der Waals surface area contributed by atoms with E-state index in [1.54, 1.807) is 18.3 Å². The Labute approximate surface area is 142 Å². The molecule has 0 N–H and O–H groups in total. The first-order valence-electron chi connectivity index (χ1n) is 8.62. The maximum Gasteiger partial charge on any atom is 0.259 e. The fourth-order valence-electron chi connectivity index (χ4n) is 3.15. The molecule has 1 aliphatic heterocycles. The van der Waals surface area contributed by atoms with Crippen molar-refractivity contribution in [3.63, 3.8) is 0 Å². The van der Waals surface area contributed by atoms with Crippen molar-refractivity contribution < 1.29 is 9.53 Å². The Kier molecular flexibility index (Phi) is 5.46. The number of carbonyl (C=O) groups is 1. The topological polar surface area (TPSA) is 60.2 Å². The number of nitrogens with zero attached hydrogens (tertiary/aromatic N) is 4. The van der Waals surface area contributed by atoms with Crippen LogP contribution < -0.4 is 4.74 Å². The molecule has 128 valence electrons. The summed E-state index contributed by atoms with van der Waals surface area (Å²) in [6, 6.07) is 5.53. The number of piperidine rings is 1. The summed E-state index contributed by atoms with van der Waals surface area (Å²) in [5.41, 5.74) is 0.564. The second kappa shape index (κ2) is 7.95. The zero-order valence-corrected chi connectivity index (χ0v) is 14.1. The summed E-state index contributed by atoms with van der Waals surface area (Å²) < 4.78 is 7.46. The number of ether oxygens (including phenoxy) is 1. The number of hydrogen-bond donors (Lipinski definition) is 0. The Balaban J connectivity index is 1.53. The number of pyridine rings is 1. The van der Waals surface area contributed by atoms with Crippen LogP contribution in [0.15, 0.2) is 36.8 Å². The second-order valence-electron chi connectivity index (χ2n) is 6.08. The molecule has 0 atom stereocenters. The lowest BCUT2D eigenvalue weighted by atomic mass is 9.93. The van der Waals surface area contributed by atoms with Gasteiger partial charge >= 0.3 is 0 Å². The molecular weight excluding hydrogens is 304 g/mol. The molecule has 2 aromatic heterocycles. The quantitative estimate of drug-likeness (QED) is 0.818. The number of amides is 1. The third kappa shape index (κ3) is 3.93. The highest BCUT2D eigenvalue weighted by Gasteiger charge is 2.25. The number of aryl methyl sites for hydroxylation is 1. The van der Waals surface area contributed by atoms with Gasteiger partial charge in [0.2, 0.25) is 5.88 Å². The molecular formula is C18H24N4O2. The molecule has 0 saturated carbocycles. The molecule has 3 heterocycles. The largest absolute Gasteiger partial charge is 0.477 e. The zero-order chi connectivity index (χ0) is 16.8. The average Bonchev–Trinajstić information content (AvgIpc) is 3.14. The lowest BCUT2D eigenvalue weighted by Gasteiger charge is -2.32. The van der Waals surface area contributed by atoms with Crippen molar-refractivity contribution in [3.8, 4) is 5.88 Å². The van der Waals surface area contributed by atoms with Gasteiger partial charge in [-0.3, -0.25) is 9.48 Å². The molecule has 1 saturated heterocycles. The first-order valence-corrected chi connectivity index (χ1v) is 8.62. The summed E-state index contributed by atoms with van der Waals surface area (Å²) in [6.07, 6.45) is 8.65. The second-order valence-corrected chi connectivity index (χ2v) is 6.08. The molecule has 0 radical (unpaired) electrons. The van der Waals surface area contributed by atoms with Crippen LogP contribution in [0.25, 0.3) is 0 Å². The van der Waals surface area contributed by atoms with Gasteiger partial charge in [0, 0.05) is 38.2 Å². The Morgan fingerprint density at radius 1 is 1.29 bits per heavy atom. The molecule has 0 aromatic carbocycles. The van der Waals surface area contributed by atoms with E-state index in [4.69, 9.17) is 4.74 Å². The van der Waals surface area contributed by atoms with Crippen molar-refractivity contribution in [2.75, 3.05) is 19.7 Å². The number of likely N-dealkylation sites (tertiary alicyclic amines) is 1. The third-order valence-electron chi connectivity index (χ3n) is 4.51. The van der Waals surface area contributed by atoms with Gasteiger partial charge < -0.3 is 9.64 Å². The van der Waals surface area contributed by atoms with Crippen LogP contribution in [0.4, 0.5) is 0 Å². The van der Waals surface area contributed by atoms with E-state index in [0.29, 0.717) is 24.0 Å². The average molecular weight is 328 g/mol. The molecule has 0 bridgehead atoms. The predicted molar refractivity (Wildman–Crippen MR) is 90.9 cm³/mol. The molecule has 24 heavy (non-hydrogen) atoms. The normalized spacial score (nSPS) is 15.5. The standard InChI is InChI=1S/C18H24N4O2/c1-2-24-17-16(5-3-9-19-17)18(23)21-12-6-15(7-13-21)8-14-22-11-4-10-20-22/h3-5,9-11,15H,2,6-8,12-14H2,1H3. The fraction of sp³-hybridized carbons (Fsp3) is 0.500. The zero-order valence-electron chi connectivity index (χ0n) is 14.1. The SMILES string of the molecule is CCOc1ncccc1C(=O)N1CCC(CCn2cccn2)CC1. The lowest BCUT2D eigenvalue weighted by molar-refractivity contribution is 0.0679. The maximum absolute atomic E-state index is 12.7. The van der Waals surface area contributed by atoms with E-state index in [1.807, 2.05) is 35.0 Å². The van der Waals surface area contributed by atoms with E-state index in [9.17, 15) is 4.79 Å². The summed E-state index contributed by atoms with van der Waals surface area (Å²) in [4.78, 5) is 18.8. The van der Waals surface area contributed by atoms with E-state index >= 15 is 0 Å². The number of hydrogen-bond acceptors (Lipinski definition) is 4. The van der Waals surface area contributed by atoms with Gasteiger partial charge in [0.15, 0.2) is 0 Å². The molecule has 6 nitrogen and oxygen atoms in total. The van der Waals surface area contributed by atoms with Gasteiger partial charge in [-0.1, -0.05) is 0 Å². The van der Waals surface area contributed by atoms with Crippen LogP contribution in [0.3, 0.4) is 0 Å². The van der Waals surface area contributed by atoms with Crippen molar-refractivity contribution >= 4 is 5.91 Å². The van der Waals surface area contributed by atoms with Crippen LogP contribution in [0.1, 0.15) is 36.5 Å². The Morgan fingerprint density at radius 3 is 2.83 bits per heavy atom. The van der Waals surface area contributed by atoms with E-state index < -0.39 is 0 Å². The smallest absolute Gasteiger partial charge is 0.259 e. The van der Waals surface area contributed by atoms with E-state index in [2.05, 4.69) is 10.1 Å². The maximum atomic E-state index is 12.7. The van der Waals surface area contributed by atoms with Crippen LogP contribution in [0, 0.1) is 5.92 Å². The van der Waals surface area contributed by atoms with Crippen molar-refractivity contribution in [1.29, 1.82) is 0 Å². The molecule has 2 aromatic rings. The minimum atomic E-state index is 0.0251. The van der Waals surface area contributed by atoms with Gasteiger partial charge in [0.1, 0.15) is 5.56 Å². The Morgan fingerprint density at radius 2 is 2.12 bits per heavy atom. The van der Waals surface area contributed by atoms with Crippen LogP contribution in [0.2, 0.25) is 0 Å². The van der Waals surface area contributed by atoms with Crippen molar-refractivity contribution in [1.82, 2.24) is 19.7 Å². The third-order valence-corrected chi connectivity index (χ3v) is 4.51. The summed E-state index contributed by atoms with van der Waals surface area (Å²) in [7, 11) is 0. The van der Waals surface area contributed by atoms with Gasteiger partial charge in [-0.15, -0.1) is 0 Å². The highest BCUT2D eigenvalue weighted by atomic mass is 16.5. The molecule has 0 unspecified atom stereocenters. The lowest BCUT2D eigenvalue weighted by Crippen LogP contribution is -2.39. The number of rotatable bonds is 6. The highest BCUT2D eigenvalue weighted by Crippen LogP contribution is 2.24. The summed E-state index contributed by atoms with van der Waals surface area (Å²) in [5.74, 6) is 1.11. The van der Waals surface area contributed by atoms with E-state index in [-0.39, 0.29) is 5.91 Å². The molecule has 0 aliphatic carbocycles. The van der Waals surface area contributed by atoms with Gasteiger partial charge in [-0.05, 0) is 50.3 Å². The van der Waals surface area contributed by atoms with Crippen LogP contribution in [-0.2, 0) is 6.54 Å². The van der Waals surface area contributed by atoms with Gasteiger partial charge in [0.05, 0.1) is 6.61 Å². The molecule has 1 aliphatic rings. The van der Waals surface area contributed by atoms with Gasteiger partial charge in [-0.25, -0.2) is 4.98 Å². The minimum Gasteiger partial charge on any atom is -0.477 e. The van der Waals surface area contributed by atoms with Crippen molar-refractivity contribution in [2.24, 2.45) is 5.92 Å². The van der Waals surface area contributed by atoms with Crippen LogP contribution in [0.5, 0.6) is 5.88 Å². The van der Waals surface area contributed by atoms with Crippen molar-refractivity contribution in [2.45, 2.75) is 32.7 Å². The molecule has 6 heteroatoms. The highest BCUT2D eigenvalue weighted by molar-refractivity contribution is 5.96. The van der Waals surface area contributed by atoms with Gasteiger partial charge in [0.25, 0.3) is 5.91 Å². The number of carbonyl (C=O) groups excluding carboxylic acids is 1. The van der Waals surface area contributed by atoms with Crippen LogP contribution in [-0.4, -0.2) is 45.3 Å². The van der Waals surface area contributed by atoms with E-state index in [1.165, 1.54) is 0 Å². The number of aromatic nitrogens is 3. The van der Waals surface area contributed by atoms with E-state index in [0.717, 1.165) is 38.9 Å². The van der Waals surface area contributed by atoms with Crippen LogP contribution >= 0.6 is 0 Å². The van der Waals surface area contributed by atoms with Gasteiger partial charge in [-0.2, -0.15) is 5.10 Å². The summed E-state index contributed by atoms with van der Waals surface area (Å²) in [6.45, 7) is 4.94. The Bertz CT molecular complexity index is 649. The monoisotopic (exact) mass is 328 g/mol. The molecule has 0 spiro atoms. The molecule has 1 amide bonds. The first-order chi connectivity index (χ1) is 11.8. The van der Waals surface area contributed by atoms with Crippen molar-refractivity contribution in [3.05, 3.63) is 42.4 Å². The molecule has 1 fully saturated rings. The summed E-state index contributed by atoms with van der Waals surface area (Å²) in [5, 5.41) is 4.24. The summed E-state index contributed by atoms with van der Waals surface area (Å²) >= 11 is 0. The Hall–Kier alpha value is -2.37. The molecule has 3 rings (SSSR count). The first kappa shape index (κ1) is 16.5. The minimum absolute atomic E-state index is 0.0251.